The Morgan fingerprint density at radius 3 is 2.85 bits per heavy atom. The first kappa shape index (κ1) is 15.3. The van der Waals surface area contributed by atoms with E-state index in [-0.39, 0.29) is 5.82 Å². The number of nitrogens with two attached hydrogens (primary N) is 1. The molecule has 2 unspecified atom stereocenters. The number of methoxy groups -OCH3 is 1. The van der Waals surface area contributed by atoms with Crippen LogP contribution in [0.1, 0.15) is 31.7 Å². The Kier molecular flexibility index (Phi) is 5.38. The van der Waals surface area contributed by atoms with Crippen LogP contribution in [0.3, 0.4) is 0 Å². The van der Waals surface area contributed by atoms with Crippen molar-refractivity contribution in [3.8, 4) is 5.75 Å². The van der Waals surface area contributed by atoms with Crippen LogP contribution < -0.4 is 10.5 Å². The van der Waals surface area contributed by atoms with E-state index in [2.05, 4.69) is 11.8 Å². The zero-order valence-electron chi connectivity index (χ0n) is 12.4. The zero-order chi connectivity index (χ0) is 14.5. The Balaban J connectivity index is 2.15. The number of benzene rings is 1. The second-order valence-corrected chi connectivity index (χ2v) is 5.51. The van der Waals surface area contributed by atoms with Crippen molar-refractivity contribution in [1.29, 1.82) is 0 Å². The summed E-state index contributed by atoms with van der Waals surface area (Å²) < 4.78 is 18.8. The minimum atomic E-state index is -0.210. The van der Waals surface area contributed by atoms with Gasteiger partial charge in [0.15, 0.2) is 0 Å². The van der Waals surface area contributed by atoms with Gasteiger partial charge < -0.3 is 10.5 Å². The van der Waals surface area contributed by atoms with E-state index in [1.54, 1.807) is 19.2 Å². The summed E-state index contributed by atoms with van der Waals surface area (Å²) >= 11 is 0. The van der Waals surface area contributed by atoms with Gasteiger partial charge in [0.1, 0.15) is 11.6 Å². The average Bonchev–Trinajstić information content (AvgIpc) is 2.93. The first-order valence-corrected chi connectivity index (χ1v) is 7.46. The molecular formula is C16H25FN2O. The minimum Gasteiger partial charge on any atom is -0.496 e. The highest BCUT2D eigenvalue weighted by atomic mass is 19.1. The van der Waals surface area contributed by atoms with Crippen LogP contribution >= 0.6 is 0 Å². The highest BCUT2D eigenvalue weighted by molar-refractivity contribution is 5.34. The molecule has 20 heavy (non-hydrogen) atoms. The molecule has 1 fully saturated rings. The molecule has 0 amide bonds. The van der Waals surface area contributed by atoms with Crippen LogP contribution in [-0.4, -0.2) is 31.1 Å². The minimum absolute atomic E-state index is 0.210. The SMILES string of the molecule is CCN(Cc1cc(F)ccc1OC)C1CCCC1CN. The number of hydrogen-bond donors (Lipinski definition) is 1. The fourth-order valence-electron chi connectivity index (χ4n) is 3.33. The first-order valence-electron chi connectivity index (χ1n) is 7.46. The van der Waals surface area contributed by atoms with Crippen LogP contribution in [0, 0.1) is 11.7 Å². The summed E-state index contributed by atoms with van der Waals surface area (Å²) in [6, 6.07) is 5.23. The van der Waals surface area contributed by atoms with Gasteiger partial charge in [0.2, 0.25) is 0 Å². The van der Waals surface area contributed by atoms with Gasteiger partial charge in [-0.1, -0.05) is 13.3 Å². The van der Waals surface area contributed by atoms with Crippen LogP contribution in [0.5, 0.6) is 5.75 Å². The molecule has 0 aliphatic heterocycles. The molecule has 112 valence electrons. The third kappa shape index (κ3) is 3.30. The molecular weight excluding hydrogens is 255 g/mol. The molecule has 2 atom stereocenters. The lowest BCUT2D eigenvalue weighted by molar-refractivity contribution is 0.160. The van der Waals surface area contributed by atoms with Gasteiger partial charge in [0.25, 0.3) is 0 Å². The van der Waals surface area contributed by atoms with Crippen molar-refractivity contribution < 1.29 is 9.13 Å². The summed E-state index contributed by atoms with van der Waals surface area (Å²) in [6.07, 6.45) is 3.63. The van der Waals surface area contributed by atoms with Gasteiger partial charge in [0, 0.05) is 18.2 Å². The van der Waals surface area contributed by atoms with E-state index in [0.717, 1.165) is 30.9 Å². The molecule has 0 heterocycles. The Morgan fingerprint density at radius 2 is 2.20 bits per heavy atom. The summed E-state index contributed by atoms with van der Waals surface area (Å²) in [5, 5.41) is 0. The molecule has 1 aliphatic carbocycles. The first-order chi connectivity index (χ1) is 9.69. The molecule has 1 aromatic rings. The standard InChI is InChI=1S/C16H25FN2O/c1-3-19(15-6-4-5-12(15)10-18)11-13-9-14(17)7-8-16(13)20-2/h7-9,12,15H,3-6,10-11,18H2,1-2H3. The van der Waals surface area contributed by atoms with E-state index in [1.807, 2.05) is 0 Å². The Bertz CT molecular complexity index is 438. The summed E-state index contributed by atoms with van der Waals surface area (Å²) in [5.41, 5.74) is 6.79. The predicted octanol–water partition coefficient (Wildman–Crippen LogP) is 2.78. The second kappa shape index (κ2) is 7.04. The van der Waals surface area contributed by atoms with Crippen molar-refractivity contribution in [2.45, 2.75) is 38.8 Å². The van der Waals surface area contributed by atoms with Gasteiger partial charge in [-0.05, 0) is 50.0 Å². The Labute approximate surface area is 120 Å². The largest absolute Gasteiger partial charge is 0.496 e. The van der Waals surface area contributed by atoms with Crippen molar-refractivity contribution >= 4 is 0 Å². The van der Waals surface area contributed by atoms with Crippen molar-refractivity contribution in [3.63, 3.8) is 0 Å². The van der Waals surface area contributed by atoms with E-state index in [4.69, 9.17) is 10.5 Å². The van der Waals surface area contributed by atoms with E-state index in [0.29, 0.717) is 12.0 Å². The maximum Gasteiger partial charge on any atom is 0.123 e. The third-order valence-electron chi connectivity index (χ3n) is 4.41. The van der Waals surface area contributed by atoms with Gasteiger partial charge in [-0.25, -0.2) is 4.39 Å². The van der Waals surface area contributed by atoms with Gasteiger partial charge >= 0.3 is 0 Å². The van der Waals surface area contributed by atoms with Crippen LogP contribution in [0.15, 0.2) is 18.2 Å². The maximum absolute atomic E-state index is 13.5. The number of hydrogen-bond acceptors (Lipinski definition) is 3. The summed E-state index contributed by atoms with van der Waals surface area (Å²) in [5.74, 6) is 1.11. The lowest BCUT2D eigenvalue weighted by atomic mass is 10.0. The lowest BCUT2D eigenvalue weighted by Crippen LogP contribution is -2.39. The molecule has 4 heteroatoms. The van der Waals surface area contributed by atoms with Gasteiger partial charge in [-0.15, -0.1) is 0 Å². The average molecular weight is 280 g/mol. The van der Waals surface area contributed by atoms with Gasteiger partial charge in [0.05, 0.1) is 7.11 Å². The molecule has 2 N–H and O–H groups in total. The third-order valence-corrected chi connectivity index (χ3v) is 4.41. The topological polar surface area (TPSA) is 38.5 Å². The molecule has 0 bridgehead atoms. The van der Waals surface area contributed by atoms with Crippen molar-refractivity contribution in [1.82, 2.24) is 4.90 Å². The maximum atomic E-state index is 13.5. The molecule has 0 aromatic heterocycles. The summed E-state index contributed by atoms with van der Waals surface area (Å²) in [7, 11) is 1.63. The monoisotopic (exact) mass is 280 g/mol. The van der Waals surface area contributed by atoms with E-state index >= 15 is 0 Å². The smallest absolute Gasteiger partial charge is 0.123 e. The number of nitrogens with zero attached hydrogens (tertiary/aromatic N) is 1. The molecule has 0 saturated heterocycles. The number of halogens is 1. The molecule has 0 radical (unpaired) electrons. The quantitative estimate of drug-likeness (QED) is 0.871. The van der Waals surface area contributed by atoms with Crippen molar-refractivity contribution in [2.24, 2.45) is 11.7 Å². The molecule has 0 spiro atoms. The van der Waals surface area contributed by atoms with Crippen molar-refractivity contribution in [3.05, 3.63) is 29.6 Å². The molecule has 3 nitrogen and oxygen atoms in total. The fourth-order valence-corrected chi connectivity index (χ4v) is 3.33. The van der Waals surface area contributed by atoms with E-state index in [1.165, 1.54) is 25.3 Å². The number of rotatable bonds is 6. The Hall–Kier alpha value is -1.13. The van der Waals surface area contributed by atoms with Gasteiger partial charge in [-0.3, -0.25) is 4.90 Å². The lowest BCUT2D eigenvalue weighted by Gasteiger charge is -2.32. The molecule has 1 aromatic carbocycles. The van der Waals surface area contributed by atoms with Crippen molar-refractivity contribution in [2.75, 3.05) is 20.2 Å². The predicted molar refractivity (Wildman–Crippen MR) is 79.2 cm³/mol. The van der Waals surface area contributed by atoms with E-state index in [9.17, 15) is 4.39 Å². The molecule has 1 saturated carbocycles. The highest BCUT2D eigenvalue weighted by Gasteiger charge is 2.30. The summed E-state index contributed by atoms with van der Waals surface area (Å²) in [6.45, 7) is 4.55. The van der Waals surface area contributed by atoms with Crippen LogP contribution in [0.2, 0.25) is 0 Å². The highest BCUT2D eigenvalue weighted by Crippen LogP contribution is 2.31. The zero-order valence-corrected chi connectivity index (χ0v) is 12.4. The Morgan fingerprint density at radius 1 is 1.40 bits per heavy atom. The van der Waals surface area contributed by atoms with Crippen LogP contribution in [-0.2, 0) is 6.54 Å². The van der Waals surface area contributed by atoms with E-state index < -0.39 is 0 Å². The van der Waals surface area contributed by atoms with Gasteiger partial charge in [-0.2, -0.15) is 0 Å². The van der Waals surface area contributed by atoms with Crippen LogP contribution in [0.25, 0.3) is 0 Å². The van der Waals surface area contributed by atoms with Crippen LogP contribution in [0.4, 0.5) is 4.39 Å². The number of ether oxygens (including phenoxy) is 1. The molecule has 2 rings (SSSR count). The second-order valence-electron chi connectivity index (χ2n) is 5.51. The normalized spacial score (nSPS) is 22.4. The fraction of sp³-hybridized carbons (Fsp3) is 0.625. The molecule has 1 aliphatic rings. The summed E-state index contributed by atoms with van der Waals surface area (Å²) in [4.78, 5) is 2.40.